The lowest BCUT2D eigenvalue weighted by atomic mass is 9.99. The number of rotatable bonds is 3. The SMILES string of the molecule is NC(Cc1ccncc1)c1c(F)cc(Br)cc1F. The summed E-state index contributed by atoms with van der Waals surface area (Å²) in [7, 11) is 0. The highest BCUT2D eigenvalue weighted by molar-refractivity contribution is 9.10. The Labute approximate surface area is 112 Å². The lowest BCUT2D eigenvalue weighted by Crippen LogP contribution is -2.17. The highest BCUT2D eigenvalue weighted by Crippen LogP contribution is 2.25. The molecule has 18 heavy (non-hydrogen) atoms. The Hall–Kier alpha value is -1.33. The van der Waals surface area contributed by atoms with Crippen molar-refractivity contribution in [1.29, 1.82) is 0 Å². The van der Waals surface area contributed by atoms with E-state index < -0.39 is 17.7 Å². The molecule has 0 aliphatic carbocycles. The molecule has 2 rings (SSSR count). The summed E-state index contributed by atoms with van der Waals surface area (Å²) in [6.45, 7) is 0. The molecule has 1 unspecified atom stereocenters. The van der Waals surface area contributed by atoms with Gasteiger partial charge in [0.15, 0.2) is 0 Å². The highest BCUT2D eigenvalue weighted by Gasteiger charge is 2.18. The third-order valence-corrected chi connectivity index (χ3v) is 3.08. The first-order chi connectivity index (χ1) is 8.58. The van der Waals surface area contributed by atoms with Crippen LogP contribution in [0.15, 0.2) is 41.1 Å². The second-order valence-corrected chi connectivity index (χ2v) is 4.86. The zero-order valence-electron chi connectivity index (χ0n) is 9.41. The number of nitrogens with two attached hydrogens (primary N) is 1. The van der Waals surface area contributed by atoms with Crippen LogP contribution in [0.4, 0.5) is 8.78 Å². The molecular formula is C13H11BrF2N2. The van der Waals surface area contributed by atoms with Gasteiger partial charge < -0.3 is 5.73 Å². The van der Waals surface area contributed by atoms with Crippen molar-refractivity contribution in [2.24, 2.45) is 5.73 Å². The topological polar surface area (TPSA) is 38.9 Å². The van der Waals surface area contributed by atoms with Crippen molar-refractivity contribution in [2.45, 2.75) is 12.5 Å². The van der Waals surface area contributed by atoms with Gasteiger partial charge in [-0.15, -0.1) is 0 Å². The maximum atomic E-state index is 13.7. The number of hydrogen-bond donors (Lipinski definition) is 1. The van der Waals surface area contributed by atoms with Gasteiger partial charge in [0, 0.05) is 28.5 Å². The second kappa shape index (κ2) is 5.54. The van der Waals surface area contributed by atoms with Crippen LogP contribution in [-0.4, -0.2) is 4.98 Å². The summed E-state index contributed by atoms with van der Waals surface area (Å²) in [6, 6.07) is 5.25. The molecule has 5 heteroatoms. The molecule has 2 aromatic rings. The fourth-order valence-electron chi connectivity index (χ4n) is 1.78. The summed E-state index contributed by atoms with van der Waals surface area (Å²) in [4.78, 5) is 3.88. The molecule has 0 aliphatic heterocycles. The van der Waals surface area contributed by atoms with Crippen LogP contribution >= 0.6 is 15.9 Å². The van der Waals surface area contributed by atoms with E-state index in [0.29, 0.717) is 10.9 Å². The minimum absolute atomic E-state index is 0.0880. The molecule has 0 saturated heterocycles. The van der Waals surface area contributed by atoms with Crippen LogP contribution in [0, 0.1) is 11.6 Å². The zero-order valence-corrected chi connectivity index (χ0v) is 11.0. The third-order valence-electron chi connectivity index (χ3n) is 2.62. The summed E-state index contributed by atoms with van der Waals surface area (Å²) in [5.41, 5.74) is 6.66. The first-order valence-corrected chi connectivity index (χ1v) is 6.16. The van der Waals surface area contributed by atoms with Gasteiger partial charge in [-0.1, -0.05) is 15.9 Å². The molecule has 1 atom stereocenters. The van der Waals surface area contributed by atoms with Crippen molar-refractivity contribution in [3.8, 4) is 0 Å². The Morgan fingerprint density at radius 3 is 2.28 bits per heavy atom. The molecule has 94 valence electrons. The summed E-state index contributed by atoms with van der Waals surface area (Å²) in [5.74, 6) is -1.27. The van der Waals surface area contributed by atoms with Gasteiger partial charge >= 0.3 is 0 Å². The van der Waals surface area contributed by atoms with E-state index in [0.717, 1.165) is 5.56 Å². The molecule has 2 N–H and O–H groups in total. The Kier molecular flexibility index (Phi) is 4.04. The van der Waals surface area contributed by atoms with Gasteiger partial charge in [0.25, 0.3) is 0 Å². The van der Waals surface area contributed by atoms with Crippen molar-refractivity contribution < 1.29 is 8.78 Å². The van der Waals surface area contributed by atoms with Crippen molar-refractivity contribution >= 4 is 15.9 Å². The summed E-state index contributed by atoms with van der Waals surface area (Å²) >= 11 is 3.03. The van der Waals surface area contributed by atoms with E-state index in [1.165, 1.54) is 12.1 Å². The Bertz CT molecular complexity index is 523. The van der Waals surface area contributed by atoms with E-state index in [-0.39, 0.29) is 5.56 Å². The molecule has 0 radical (unpaired) electrons. The van der Waals surface area contributed by atoms with Gasteiger partial charge in [0.2, 0.25) is 0 Å². The quantitative estimate of drug-likeness (QED) is 0.943. The maximum Gasteiger partial charge on any atom is 0.132 e. The summed E-state index contributed by atoms with van der Waals surface area (Å²) < 4.78 is 27.8. The minimum atomic E-state index is -0.722. The number of pyridine rings is 1. The van der Waals surface area contributed by atoms with Crippen molar-refractivity contribution in [3.63, 3.8) is 0 Å². The van der Waals surface area contributed by atoms with Gasteiger partial charge in [-0.3, -0.25) is 4.98 Å². The predicted octanol–water partition coefficient (Wildman–Crippen LogP) is 3.36. The highest BCUT2D eigenvalue weighted by atomic mass is 79.9. The number of aromatic nitrogens is 1. The monoisotopic (exact) mass is 312 g/mol. The fourth-order valence-corrected chi connectivity index (χ4v) is 2.18. The van der Waals surface area contributed by atoms with Crippen LogP contribution < -0.4 is 5.73 Å². The Morgan fingerprint density at radius 1 is 1.17 bits per heavy atom. The molecule has 0 amide bonds. The normalized spacial score (nSPS) is 12.4. The van der Waals surface area contributed by atoms with Crippen LogP contribution in [0.3, 0.4) is 0 Å². The number of hydrogen-bond acceptors (Lipinski definition) is 2. The molecule has 0 fully saturated rings. The first kappa shape index (κ1) is 13.1. The van der Waals surface area contributed by atoms with Gasteiger partial charge in [-0.05, 0) is 36.2 Å². The predicted molar refractivity (Wildman–Crippen MR) is 68.9 cm³/mol. The second-order valence-electron chi connectivity index (χ2n) is 3.95. The third kappa shape index (κ3) is 2.91. The molecule has 2 nitrogen and oxygen atoms in total. The standard InChI is InChI=1S/C13H11BrF2N2/c14-9-6-10(15)13(11(16)7-9)12(17)5-8-1-3-18-4-2-8/h1-4,6-7,12H,5,17H2. The van der Waals surface area contributed by atoms with Gasteiger partial charge in [-0.25, -0.2) is 8.78 Å². The molecule has 1 aromatic heterocycles. The van der Waals surface area contributed by atoms with E-state index in [4.69, 9.17) is 5.73 Å². The van der Waals surface area contributed by atoms with Gasteiger partial charge in [0.05, 0.1) is 0 Å². The van der Waals surface area contributed by atoms with Crippen LogP contribution in [-0.2, 0) is 6.42 Å². The lowest BCUT2D eigenvalue weighted by molar-refractivity contribution is 0.523. The van der Waals surface area contributed by atoms with E-state index in [1.807, 2.05) is 0 Å². The molecular weight excluding hydrogens is 302 g/mol. The number of nitrogens with zero attached hydrogens (tertiary/aromatic N) is 1. The summed E-state index contributed by atoms with van der Waals surface area (Å²) in [6.07, 6.45) is 3.60. The first-order valence-electron chi connectivity index (χ1n) is 5.37. The Balaban J connectivity index is 2.27. The number of halogens is 3. The van der Waals surface area contributed by atoms with Crippen LogP contribution in [0.2, 0.25) is 0 Å². The van der Waals surface area contributed by atoms with Crippen molar-refractivity contribution in [1.82, 2.24) is 4.98 Å². The van der Waals surface area contributed by atoms with Gasteiger partial charge in [-0.2, -0.15) is 0 Å². The average Bonchev–Trinajstić information content (AvgIpc) is 2.28. The smallest absolute Gasteiger partial charge is 0.132 e. The van der Waals surface area contributed by atoms with E-state index in [2.05, 4.69) is 20.9 Å². The van der Waals surface area contributed by atoms with E-state index in [9.17, 15) is 8.78 Å². The van der Waals surface area contributed by atoms with Crippen molar-refractivity contribution in [2.75, 3.05) is 0 Å². The molecule has 0 saturated carbocycles. The molecule has 0 spiro atoms. The number of benzene rings is 1. The van der Waals surface area contributed by atoms with Crippen LogP contribution in [0.1, 0.15) is 17.2 Å². The van der Waals surface area contributed by atoms with E-state index >= 15 is 0 Å². The lowest BCUT2D eigenvalue weighted by Gasteiger charge is -2.14. The van der Waals surface area contributed by atoms with Crippen molar-refractivity contribution in [3.05, 3.63) is 63.9 Å². The molecule has 0 bridgehead atoms. The largest absolute Gasteiger partial charge is 0.323 e. The summed E-state index contributed by atoms with van der Waals surface area (Å²) in [5, 5.41) is 0. The van der Waals surface area contributed by atoms with Crippen LogP contribution in [0.5, 0.6) is 0 Å². The maximum absolute atomic E-state index is 13.7. The zero-order chi connectivity index (χ0) is 13.1. The van der Waals surface area contributed by atoms with E-state index in [1.54, 1.807) is 24.5 Å². The fraction of sp³-hybridized carbons (Fsp3) is 0.154. The average molecular weight is 313 g/mol. The van der Waals surface area contributed by atoms with Crippen LogP contribution in [0.25, 0.3) is 0 Å². The molecule has 0 aliphatic rings. The van der Waals surface area contributed by atoms with Gasteiger partial charge in [0.1, 0.15) is 11.6 Å². The molecule has 1 heterocycles. The molecule has 1 aromatic carbocycles. The minimum Gasteiger partial charge on any atom is -0.323 e. The Morgan fingerprint density at radius 2 is 1.72 bits per heavy atom.